The topological polar surface area (TPSA) is 100 Å². The number of nitrogens with zero attached hydrogens (tertiary/aromatic N) is 4. The van der Waals surface area contributed by atoms with E-state index in [4.69, 9.17) is 16.6 Å². The number of nitrogens with one attached hydrogen (secondary N) is 1. The molecule has 1 N–H and O–H groups in total. The van der Waals surface area contributed by atoms with Gasteiger partial charge in [-0.05, 0) is 18.6 Å². The highest BCUT2D eigenvalue weighted by Gasteiger charge is 2.35. The van der Waals surface area contributed by atoms with Crippen LogP contribution in [0, 0.1) is 10.1 Å². The second kappa shape index (κ2) is 8.45. The predicted octanol–water partition coefficient (Wildman–Crippen LogP) is 2.92. The smallest absolute Gasteiger partial charge is 0.288 e. The zero-order valence-electron chi connectivity index (χ0n) is 16.0. The van der Waals surface area contributed by atoms with Gasteiger partial charge < -0.3 is 0 Å². The lowest BCUT2D eigenvalue weighted by Crippen LogP contribution is -2.50. The molecule has 0 saturated carbocycles. The maximum Gasteiger partial charge on any atom is 0.288 e. The number of hydrogen-bond donors (Lipinski definition) is 1. The monoisotopic (exact) mass is 443 g/mol. The van der Waals surface area contributed by atoms with Gasteiger partial charge in [-0.2, -0.15) is 0 Å². The third kappa shape index (κ3) is 3.78. The van der Waals surface area contributed by atoms with Crippen molar-refractivity contribution in [2.75, 3.05) is 5.75 Å². The minimum absolute atomic E-state index is 0.0415. The van der Waals surface area contributed by atoms with Gasteiger partial charge in [-0.1, -0.05) is 61.0 Å². The first-order chi connectivity index (χ1) is 14.5. The van der Waals surface area contributed by atoms with E-state index in [-0.39, 0.29) is 16.6 Å². The van der Waals surface area contributed by atoms with Crippen LogP contribution in [0.4, 0.5) is 5.69 Å². The summed E-state index contributed by atoms with van der Waals surface area (Å²) in [6, 6.07) is 11.8. The SMILES string of the molecule is CCCCSC1=NN2C(=c3ccccc3=N[C@H]2c2ccc(Cl)c([N+](=O)[O-])c2)C(=O)N1. The highest BCUT2D eigenvalue weighted by Crippen LogP contribution is 2.34. The molecule has 0 unspecified atom stereocenters. The van der Waals surface area contributed by atoms with E-state index in [9.17, 15) is 14.9 Å². The molecule has 0 bridgehead atoms. The molecule has 1 amide bonds. The molecule has 0 spiro atoms. The Balaban J connectivity index is 1.86. The van der Waals surface area contributed by atoms with Crippen LogP contribution in [0.1, 0.15) is 31.5 Å². The molecular formula is C20H18ClN5O3S. The summed E-state index contributed by atoms with van der Waals surface area (Å²) in [5, 5.41) is 22.2. The molecule has 2 aliphatic rings. The van der Waals surface area contributed by atoms with Crippen molar-refractivity contribution in [3.63, 3.8) is 0 Å². The number of halogens is 1. The van der Waals surface area contributed by atoms with Crippen LogP contribution in [0.5, 0.6) is 0 Å². The summed E-state index contributed by atoms with van der Waals surface area (Å²) in [5.74, 6) is 0.545. The number of thioether (sulfide) groups is 1. The van der Waals surface area contributed by atoms with Crippen molar-refractivity contribution in [3.05, 3.63) is 73.7 Å². The number of amidine groups is 1. The van der Waals surface area contributed by atoms with E-state index in [1.54, 1.807) is 17.1 Å². The maximum atomic E-state index is 13.0. The van der Waals surface area contributed by atoms with Gasteiger partial charge in [0.1, 0.15) is 10.7 Å². The van der Waals surface area contributed by atoms with Crippen LogP contribution < -0.4 is 15.9 Å². The van der Waals surface area contributed by atoms with Gasteiger partial charge in [0.05, 0.1) is 10.3 Å². The van der Waals surface area contributed by atoms with Gasteiger partial charge in [-0.25, -0.2) is 5.01 Å². The summed E-state index contributed by atoms with van der Waals surface area (Å²) in [4.78, 5) is 28.6. The number of unbranched alkanes of at least 4 members (excludes halogenated alkanes) is 1. The first-order valence-electron chi connectivity index (χ1n) is 9.42. The summed E-state index contributed by atoms with van der Waals surface area (Å²) >= 11 is 7.44. The second-order valence-electron chi connectivity index (χ2n) is 6.74. The number of rotatable bonds is 5. The fourth-order valence-electron chi connectivity index (χ4n) is 3.25. The molecule has 154 valence electrons. The number of hydrogen-bond acceptors (Lipinski definition) is 7. The zero-order chi connectivity index (χ0) is 21.3. The quantitative estimate of drug-likeness (QED) is 0.435. The fraction of sp³-hybridized carbons (Fsp3) is 0.250. The molecule has 2 aliphatic heterocycles. The van der Waals surface area contributed by atoms with E-state index in [0.29, 0.717) is 27.0 Å². The molecule has 4 rings (SSSR count). The van der Waals surface area contributed by atoms with E-state index >= 15 is 0 Å². The highest BCUT2D eigenvalue weighted by atomic mass is 35.5. The maximum absolute atomic E-state index is 13.0. The van der Waals surface area contributed by atoms with Crippen LogP contribution in [0.2, 0.25) is 5.02 Å². The Kier molecular flexibility index (Phi) is 5.74. The third-order valence-electron chi connectivity index (χ3n) is 4.72. The first-order valence-corrected chi connectivity index (χ1v) is 10.8. The zero-order valence-corrected chi connectivity index (χ0v) is 17.6. The third-order valence-corrected chi connectivity index (χ3v) is 5.99. The Hall–Kier alpha value is -2.91. The Morgan fingerprint density at radius 3 is 2.87 bits per heavy atom. The Bertz CT molecular complexity index is 1180. The minimum atomic E-state index is -0.723. The Morgan fingerprint density at radius 2 is 2.10 bits per heavy atom. The van der Waals surface area contributed by atoms with Crippen LogP contribution in [0.25, 0.3) is 5.70 Å². The van der Waals surface area contributed by atoms with Crippen molar-refractivity contribution in [2.24, 2.45) is 10.1 Å². The largest absolute Gasteiger partial charge is 0.298 e. The lowest BCUT2D eigenvalue weighted by Gasteiger charge is -2.34. The van der Waals surface area contributed by atoms with E-state index < -0.39 is 11.1 Å². The number of hydrazone groups is 1. The van der Waals surface area contributed by atoms with E-state index in [1.807, 2.05) is 18.2 Å². The summed E-state index contributed by atoms with van der Waals surface area (Å²) < 4.78 is 0. The lowest BCUT2D eigenvalue weighted by molar-refractivity contribution is -0.384. The van der Waals surface area contributed by atoms with Crippen molar-refractivity contribution >= 4 is 45.8 Å². The molecule has 0 aromatic heterocycles. The van der Waals surface area contributed by atoms with Crippen LogP contribution >= 0.6 is 23.4 Å². The number of carbonyl (C=O) groups excluding carboxylic acids is 1. The van der Waals surface area contributed by atoms with E-state index in [2.05, 4.69) is 17.3 Å². The molecule has 0 fully saturated rings. The predicted molar refractivity (Wildman–Crippen MR) is 116 cm³/mol. The number of para-hydroxylation sites is 1. The molecule has 1 atom stereocenters. The van der Waals surface area contributed by atoms with Crippen molar-refractivity contribution in [2.45, 2.75) is 25.9 Å². The van der Waals surface area contributed by atoms with Gasteiger partial charge >= 0.3 is 0 Å². The molecule has 0 saturated heterocycles. The number of fused-ring (bicyclic) bond motifs is 2. The summed E-state index contributed by atoms with van der Waals surface area (Å²) in [6.07, 6.45) is 1.31. The first kappa shape index (κ1) is 20.4. The molecule has 0 aliphatic carbocycles. The summed E-state index contributed by atoms with van der Waals surface area (Å²) in [5.41, 5.74) is 0.672. The molecule has 8 nitrogen and oxygen atoms in total. The summed E-state index contributed by atoms with van der Waals surface area (Å²) in [7, 11) is 0. The molecule has 30 heavy (non-hydrogen) atoms. The van der Waals surface area contributed by atoms with Crippen molar-refractivity contribution < 1.29 is 9.72 Å². The Labute approximate surface area is 181 Å². The lowest BCUT2D eigenvalue weighted by atomic mass is 10.1. The number of nitro groups is 1. The molecular weight excluding hydrogens is 426 g/mol. The molecule has 2 aromatic carbocycles. The van der Waals surface area contributed by atoms with Gasteiger partial charge in [-0.15, -0.1) is 5.10 Å². The number of nitro benzene ring substituents is 1. The van der Waals surface area contributed by atoms with Crippen LogP contribution in [-0.4, -0.2) is 26.8 Å². The van der Waals surface area contributed by atoms with Gasteiger partial charge in [-0.3, -0.25) is 25.2 Å². The van der Waals surface area contributed by atoms with E-state index in [1.165, 1.54) is 23.9 Å². The number of carbonyl (C=O) groups is 1. The number of benzene rings is 2. The molecule has 0 radical (unpaired) electrons. The second-order valence-corrected chi connectivity index (χ2v) is 8.23. The molecule has 10 heteroatoms. The van der Waals surface area contributed by atoms with Gasteiger partial charge in [0.25, 0.3) is 11.6 Å². The highest BCUT2D eigenvalue weighted by molar-refractivity contribution is 8.13. The summed E-state index contributed by atoms with van der Waals surface area (Å²) in [6.45, 7) is 2.09. The van der Waals surface area contributed by atoms with Gasteiger partial charge in [0.15, 0.2) is 11.3 Å². The fourth-order valence-corrected chi connectivity index (χ4v) is 4.38. The Morgan fingerprint density at radius 1 is 1.30 bits per heavy atom. The minimum Gasteiger partial charge on any atom is -0.298 e. The average molecular weight is 444 g/mol. The van der Waals surface area contributed by atoms with Crippen LogP contribution in [0.3, 0.4) is 0 Å². The number of amides is 1. The standard InChI is InChI=1S/C20H18ClN5O3S/c1-2-3-10-30-20-23-19(27)17-13-6-4-5-7-15(13)22-18(25(17)24-20)12-8-9-14(21)16(11-12)26(28)29/h4-9,11,18H,2-3,10H2,1H3,(H,23,24,27)/t18-/m1/s1. The van der Waals surface area contributed by atoms with Gasteiger partial charge in [0, 0.05) is 22.6 Å². The van der Waals surface area contributed by atoms with Crippen molar-refractivity contribution in [1.29, 1.82) is 0 Å². The van der Waals surface area contributed by atoms with Gasteiger partial charge in [0.2, 0.25) is 0 Å². The average Bonchev–Trinajstić information content (AvgIpc) is 2.73. The van der Waals surface area contributed by atoms with Crippen molar-refractivity contribution in [3.8, 4) is 0 Å². The van der Waals surface area contributed by atoms with Crippen LogP contribution in [0.15, 0.2) is 52.6 Å². The van der Waals surface area contributed by atoms with Crippen LogP contribution in [-0.2, 0) is 4.79 Å². The van der Waals surface area contributed by atoms with Crippen molar-refractivity contribution in [1.82, 2.24) is 10.3 Å². The molecule has 2 heterocycles. The normalized spacial score (nSPS) is 17.5. The molecule has 2 aromatic rings. The van der Waals surface area contributed by atoms with E-state index in [0.717, 1.165) is 18.6 Å².